The monoisotopic (exact) mass is 406 g/mol. The summed E-state index contributed by atoms with van der Waals surface area (Å²) >= 11 is 0. The highest BCUT2D eigenvalue weighted by Crippen LogP contribution is 2.28. The number of benzene rings is 1. The Labute approximate surface area is 181 Å². The lowest BCUT2D eigenvalue weighted by Crippen LogP contribution is -2.35. The van der Waals surface area contributed by atoms with Gasteiger partial charge in [-0.25, -0.2) is 0 Å². The summed E-state index contributed by atoms with van der Waals surface area (Å²) in [6.45, 7) is 11.0. The van der Waals surface area contributed by atoms with Gasteiger partial charge in [0.1, 0.15) is 0 Å². The van der Waals surface area contributed by atoms with E-state index in [1.807, 2.05) is 36.4 Å². The fourth-order valence-corrected chi connectivity index (χ4v) is 3.51. The van der Waals surface area contributed by atoms with E-state index in [1.165, 1.54) is 19.3 Å². The summed E-state index contributed by atoms with van der Waals surface area (Å²) in [6, 6.07) is 7.79. The van der Waals surface area contributed by atoms with Crippen LogP contribution in [0.5, 0.6) is 0 Å². The minimum Gasteiger partial charge on any atom is -0.356 e. The summed E-state index contributed by atoms with van der Waals surface area (Å²) in [5, 5.41) is 2.94. The van der Waals surface area contributed by atoms with Crippen LogP contribution in [0.4, 0.5) is 5.69 Å². The number of nitrogens with zero attached hydrogens (tertiary/aromatic N) is 1. The molecule has 1 aromatic carbocycles. The average molecular weight is 407 g/mol. The van der Waals surface area contributed by atoms with Gasteiger partial charge >= 0.3 is 0 Å². The second kappa shape index (κ2) is 12.6. The van der Waals surface area contributed by atoms with Gasteiger partial charge in [-0.3, -0.25) is 9.59 Å². The van der Waals surface area contributed by atoms with E-state index >= 15 is 0 Å². The third-order valence-corrected chi connectivity index (χ3v) is 5.31. The van der Waals surface area contributed by atoms with Crippen LogP contribution in [0.25, 0.3) is 6.08 Å². The molecule has 0 aliphatic carbocycles. The highest BCUT2D eigenvalue weighted by molar-refractivity contribution is 5.98. The lowest BCUT2D eigenvalue weighted by atomic mass is 10.0. The molecule has 0 saturated heterocycles. The van der Waals surface area contributed by atoms with Crippen LogP contribution in [0.1, 0.15) is 57.4 Å². The molecule has 1 aliphatic heterocycles. The first-order valence-electron chi connectivity index (χ1n) is 10.9. The van der Waals surface area contributed by atoms with E-state index < -0.39 is 0 Å². The van der Waals surface area contributed by atoms with Gasteiger partial charge in [-0.1, -0.05) is 88.3 Å². The van der Waals surface area contributed by atoms with E-state index in [0.29, 0.717) is 13.1 Å². The zero-order chi connectivity index (χ0) is 21.8. The number of rotatable bonds is 11. The highest BCUT2D eigenvalue weighted by atomic mass is 16.2. The standard InChI is InChI=1S/C26H34N2O2/c1-4-7-8-9-12-19-27-25(29)17-18-26(30)28-20-22(6-3)21(5-2)15-16-23-13-10-11-14-24(23)28/h5-6,10-11,13-16H,2-4,7-9,12,17-20H2,1H3,(H,27,29)/b16-15-,22-21-. The maximum Gasteiger partial charge on any atom is 0.227 e. The largest absolute Gasteiger partial charge is 0.356 e. The van der Waals surface area contributed by atoms with Crippen molar-refractivity contribution in [3.63, 3.8) is 0 Å². The van der Waals surface area contributed by atoms with Crippen LogP contribution in [0, 0.1) is 0 Å². The van der Waals surface area contributed by atoms with Crippen molar-refractivity contribution < 1.29 is 9.59 Å². The molecule has 0 aromatic heterocycles. The van der Waals surface area contributed by atoms with Crippen LogP contribution in [-0.2, 0) is 9.59 Å². The topological polar surface area (TPSA) is 49.4 Å². The van der Waals surface area contributed by atoms with Crippen LogP contribution in [0.2, 0.25) is 0 Å². The third-order valence-electron chi connectivity index (χ3n) is 5.31. The van der Waals surface area contributed by atoms with Gasteiger partial charge in [0.25, 0.3) is 0 Å². The molecule has 0 fully saturated rings. The molecule has 1 N–H and O–H groups in total. The number of nitrogens with one attached hydrogen (secondary N) is 1. The molecule has 2 rings (SSSR count). The summed E-state index contributed by atoms with van der Waals surface area (Å²) in [5.74, 6) is -0.135. The van der Waals surface area contributed by atoms with Crippen LogP contribution in [-0.4, -0.2) is 24.9 Å². The molecular weight excluding hydrogens is 372 g/mol. The van der Waals surface area contributed by atoms with Crippen molar-refractivity contribution in [2.24, 2.45) is 0 Å². The fourth-order valence-electron chi connectivity index (χ4n) is 3.51. The zero-order valence-electron chi connectivity index (χ0n) is 18.2. The SMILES string of the molecule is C=CC1=C(\C=C)CN(C(=O)CCC(=O)NCCCCCCC)c2ccccc2/C=C\1. The fraction of sp³-hybridized carbons (Fsp3) is 0.385. The Balaban J connectivity index is 2.01. The predicted molar refractivity (Wildman–Crippen MR) is 126 cm³/mol. The first kappa shape index (κ1) is 23.4. The number of amides is 2. The van der Waals surface area contributed by atoms with Crippen molar-refractivity contribution >= 4 is 23.6 Å². The van der Waals surface area contributed by atoms with Crippen LogP contribution in [0.15, 0.2) is 66.8 Å². The molecule has 160 valence electrons. The summed E-state index contributed by atoms with van der Waals surface area (Å²) in [5.41, 5.74) is 3.68. The molecule has 0 bridgehead atoms. The quantitative estimate of drug-likeness (QED) is 0.488. The van der Waals surface area contributed by atoms with Crippen LogP contribution < -0.4 is 10.2 Å². The van der Waals surface area contributed by atoms with Crippen LogP contribution >= 0.6 is 0 Å². The number of carbonyl (C=O) groups excluding carboxylic acids is 2. The lowest BCUT2D eigenvalue weighted by molar-refractivity contribution is -0.125. The van der Waals surface area contributed by atoms with E-state index in [2.05, 4.69) is 25.4 Å². The molecule has 1 aliphatic rings. The van der Waals surface area contributed by atoms with Gasteiger partial charge in [0, 0.05) is 19.4 Å². The van der Waals surface area contributed by atoms with Gasteiger partial charge in [-0.15, -0.1) is 0 Å². The second-order valence-corrected chi connectivity index (χ2v) is 7.53. The zero-order valence-corrected chi connectivity index (χ0v) is 18.2. The normalized spacial score (nSPS) is 16.8. The van der Waals surface area contributed by atoms with Crippen molar-refractivity contribution in [2.75, 3.05) is 18.0 Å². The molecule has 4 nitrogen and oxygen atoms in total. The number of unbranched alkanes of at least 4 members (excludes halogenated alkanes) is 4. The number of hydrogen-bond acceptors (Lipinski definition) is 2. The van der Waals surface area contributed by atoms with Gasteiger partial charge in [0.15, 0.2) is 0 Å². The van der Waals surface area contributed by atoms with Crippen molar-refractivity contribution in [3.8, 4) is 0 Å². The van der Waals surface area contributed by atoms with E-state index in [-0.39, 0.29) is 24.7 Å². The van der Waals surface area contributed by atoms with Crippen molar-refractivity contribution in [3.05, 3.63) is 72.4 Å². The average Bonchev–Trinajstić information content (AvgIpc) is 2.75. The number of fused-ring (bicyclic) bond motifs is 1. The molecule has 2 amide bonds. The van der Waals surface area contributed by atoms with Crippen molar-refractivity contribution in [1.82, 2.24) is 5.32 Å². The molecule has 1 heterocycles. The molecule has 0 radical (unpaired) electrons. The minimum atomic E-state index is -0.0707. The lowest BCUT2D eigenvalue weighted by Gasteiger charge is -2.27. The molecular formula is C26H34N2O2. The van der Waals surface area contributed by atoms with E-state index in [4.69, 9.17) is 0 Å². The number of anilines is 1. The second-order valence-electron chi connectivity index (χ2n) is 7.53. The van der Waals surface area contributed by atoms with E-state index in [9.17, 15) is 9.59 Å². The first-order valence-corrected chi connectivity index (χ1v) is 10.9. The van der Waals surface area contributed by atoms with Crippen molar-refractivity contribution in [1.29, 1.82) is 0 Å². The Morgan fingerprint density at radius 2 is 1.80 bits per heavy atom. The Morgan fingerprint density at radius 1 is 1.03 bits per heavy atom. The molecule has 1 aromatic rings. The summed E-state index contributed by atoms with van der Waals surface area (Å²) in [7, 11) is 0. The minimum absolute atomic E-state index is 0.0645. The summed E-state index contributed by atoms with van der Waals surface area (Å²) in [6.07, 6.45) is 13.7. The Bertz CT molecular complexity index is 820. The Hall–Kier alpha value is -2.88. The highest BCUT2D eigenvalue weighted by Gasteiger charge is 2.21. The summed E-state index contributed by atoms with van der Waals surface area (Å²) in [4.78, 5) is 27.0. The number of hydrogen-bond donors (Lipinski definition) is 1. The van der Waals surface area contributed by atoms with Gasteiger partial charge < -0.3 is 10.2 Å². The Kier molecular flexibility index (Phi) is 9.85. The predicted octanol–water partition coefficient (Wildman–Crippen LogP) is 5.58. The van der Waals surface area contributed by atoms with Crippen molar-refractivity contribution in [2.45, 2.75) is 51.9 Å². The molecule has 0 unspecified atom stereocenters. The molecule has 0 atom stereocenters. The first-order chi connectivity index (χ1) is 14.6. The summed E-state index contributed by atoms with van der Waals surface area (Å²) < 4.78 is 0. The maximum absolute atomic E-state index is 13.1. The van der Waals surface area contributed by atoms with Crippen LogP contribution in [0.3, 0.4) is 0 Å². The number of carbonyl (C=O) groups is 2. The molecule has 30 heavy (non-hydrogen) atoms. The number of allylic oxidation sites excluding steroid dienone is 3. The maximum atomic E-state index is 13.1. The number of para-hydroxylation sites is 1. The molecule has 4 heteroatoms. The smallest absolute Gasteiger partial charge is 0.227 e. The van der Waals surface area contributed by atoms with E-state index in [0.717, 1.165) is 35.2 Å². The van der Waals surface area contributed by atoms with Gasteiger partial charge in [0.05, 0.1) is 12.2 Å². The Morgan fingerprint density at radius 3 is 2.53 bits per heavy atom. The molecule has 0 spiro atoms. The van der Waals surface area contributed by atoms with Gasteiger partial charge in [0.2, 0.25) is 11.8 Å². The van der Waals surface area contributed by atoms with E-state index in [1.54, 1.807) is 17.1 Å². The van der Waals surface area contributed by atoms with Gasteiger partial charge in [-0.05, 0) is 29.2 Å². The molecule has 0 saturated carbocycles. The third kappa shape index (κ3) is 6.87. The van der Waals surface area contributed by atoms with Gasteiger partial charge in [-0.2, -0.15) is 0 Å².